The molecule has 0 saturated carbocycles. The molecule has 0 bridgehead atoms. The highest BCUT2D eigenvalue weighted by molar-refractivity contribution is 5.96. The van der Waals surface area contributed by atoms with Gasteiger partial charge in [0.25, 0.3) is 5.91 Å². The predicted molar refractivity (Wildman–Crippen MR) is 140 cm³/mol. The number of amides is 2. The zero-order valence-corrected chi connectivity index (χ0v) is 21.1. The number of halogens is 2. The molecule has 3 aromatic carbocycles. The number of carbonyl (C=O) groups excluding carboxylic acids is 2. The maximum Gasteiger partial charge on any atom is 0.414 e. The van der Waals surface area contributed by atoms with E-state index >= 15 is 0 Å². The molecule has 2 unspecified atom stereocenters. The fourth-order valence-corrected chi connectivity index (χ4v) is 4.40. The summed E-state index contributed by atoms with van der Waals surface area (Å²) in [6.45, 7) is 3.47. The predicted octanol–water partition coefficient (Wildman–Crippen LogP) is 3.98. The minimum Gasteiger partial charge on any atom is -0.447 e. The molecule has 38 heavy (non-hydrogen) atoms. The lowest BCUT2D eigenvalue weighted by molar-refractivity contribution is 0.0830. The van der Waals surface area contributed by atoms with Gasteiger partial charge in [-0.3, -0.25) is 9.69 Å². The first-order valence-electron chi connectivity index (χ1n) is 12.6. The van der Waals surface area contributed by atoms with Crippen LogP contribution in [0.25, 0.3) is 0 Å². The number of aliphatic hydroxyl groups excluding tert-OH is 1. The van der Waals surface area contributed by atoms with Crippen molar-refractivity contribution in [1.82, 2.24) is 10.6 Å². The molecule has 0 aromatic heterocycles. The fourth-order valence-electron chi connectivity index (χ4n) is 4.40. The third kappa shape index (κ3) is 7.14. The van der Waals surface area contributed by atoms with Crippen LogP contribution < -0.4 is 15.5 Å². The first-order chi connectivity index (χ1) is 18.3. The molecule has 1 aliphatic heterocycles. The van der Waals surface area contributed by atoms with Gasteiger partial charge in [0.2, 0.25) is 0 Å². The highest BCUT2D eigenvalue weighted by Gasteiger charge is 2.25. The van der Waals surface area contributed by atoms with E-state index in [1.807, 2.05) is 18.2 Å². The van der Waals surface area contributed by atoms with Crippen LogP contribution in [0.1, 0.15) is 34.0 Å². The number of hydrogen-bond acceptors (Lipinski definition) is 5. The molecule has 2 atom stereocenters. The molecule has 4 rings (SSSR count). The topological polar surface area (TPSA) is 90.9 Å². The van der Waals surface area contributed by atoms with Crippen LogP contribution >= 0.6 is 0 Å². The standard InChI is InChI=1S/C29H31F2N3O4/c1-2-19-4-3-5-20(12-19)17-32-18-27(35)26(15-21-13-23(30)16-24(31)14-21)33-28(36)22-6-8-25(9-7-22)34-10-11-38-29(34)37/h3-9,12-14,16,26-27,32,35H,2,10-11,15,17-18H2,1H3,(H,33,36). The van der Waals surface area contributed by atoms with Crippen LogP contribution in [0.5, 0.6) is 0 Å². The van der Waals surface area contributed by atoms with Crippen molar-refractivity contribution >= 4 is 17.7 Å². The summed E-state index contributed by atoms with van der Waals surface area (Å²) in [5.41, 5.74) is 3.49. The molecule has 1 aliphatic rings. The van der Waals surface area contributed by atoms with Gasteiger partial charge >= 0.3 is 6.09 Å². The van der Waals surface area contributed by atoms with Crippen LogP contribution in [0.3, 0.4) is 0 Å². The van der Waals surface area contributed by atoms with Crippen molar-refractivity contribution in [2.75, 3.05) is 24.6 Å². The number of anilines is 1. The first kappa shape index (κ1) is 27.2. The number of aryl methyl sites for hydroxylation is 1. The highest BCUT2D eigenvalue weighted by atomic mass is 19.1. The quantitative estimate of drug-likeness (QED) is 0.354. The van der Waals surface area contributed by atoms with Gasteiger partial charge in [-0.05, 0) is 65.9 Å². The van der Waals surface area contributed by atoms with E-state index in [-0.39, 0.29) is 13.0 Å². The zero-order chi connectivity index (χ0) is 27.1. The van der Waals surface area contributed by atoms with Gasteiger partial charge in [0, 0.05) is 30.4 Å². The molecule has 0 spiro atoms. The summed E-state index contributed by atoms with van der Waals surface area (Å²) in [6.07, 6.45) is -0.552. The van der Waals surface area contributed by atoms with E-state index < -0.39 is 35.8 Å². The monoisotopic (exact) mass is 523 g/mol. The summed E-state index contributed by atoms with van der Waals surface area (Å²) in [7, 11) is 0. The molecular weight excluding hydrogens is 492 g/mol. The Morgan fingerprint density at radius 3 is 2.39 bits per heavy atom. The minimum absolute atomic E-state index is 0.0201. The Hall–Kier alpha value is -3.82. The molecule has 3 N–H and O–H groups in total. The molecule has 0 radical (unpaired) electrons. The molecule has 3 aromatic rings. The zero-order valence-electron chi connectivity index (χ0n) is 21.1. The number of cyclic esters (lactones) is 1. The van der Waals surface area contributed by atoms with Crippen molar-refractivity contribution in [2.45, 2.75) is 38.5 Å². The number of benzene rings is 3. The van der Waals surface area contributed by atoms with Crippen LogP contribution in [0, 0.1) is 11.6 Å². The van der Waals surface area contributed by atoms with Gasteiger partial charge in [-0.1, -0.05) is 31.2 Å². The summed E-state index contributed by atoms with van der Waals surface area (Å²) in [5.74, 6) is -1.92. The normalized spacial score (nSPS) is 14.7. The molecule has 7 nitrogen and oxygen atoms in total. The number of nitrogens with zero attached hydrogens (tertiary/aromatic N) is 1. The average molecular weight is 524 g/mol. The maximum atomic E-state index is 13.8. The Morgan fingerprint density at radius 2 is 1.74 bits per heavy atom. The Morgan fingerprint density at radius 1 is 1.03 bits per heavy atom. The Bertz CT molecular complexity index is 1250. The first-order valence-corrected chi connectivity index (χ1v) is 12.6. The van der Waals surface area contributed by atoms with E-state index in [2.05, 4.69) is 23.6 Å². The smallest absolute Gasteiger partial charge is 0.414 e. The van der Waals surface area contributed by atoms with Gasteiger partial charge in [0.1, 0.15) is 18.2 Å². The van der Waals surface area contributed by atoms with E-state index in [0.717, 1.165) is 18.1 Å². The van der Waals surface area contributed by atoms with E-state index in [1.54, 1.807) is 24.3 Å². The van der Waals surface area contributed by atoms with E-state index in [9.17, 15) is 23.5 Å². The number of aliphatic hydroxyl groups is 1. The van der Waals surface area contributed by atoms with Gasteiger partial charge in [0.15, 0.2) is 0 Å². The van der Waals surface area contributed by atoms with E-state index in [1.165, 1.54) is 22.6 Å². The number of ether oxygens (including phenoxy) is 1. The van der Waals surface area contributed by atoms with E-state index in [0.29, 0.717) is 36.5 Å². The second-order valence-corrected chi connectivity index (χ2v) is 9.25. The molecule has 200 valence electrons. The SMILES string of the molecule is CCc1cccc(CNCC(O)C(Cc2cc(F)cc(F)c2)NC(=O)c2ccc(N3CCOC3=O)cc2)c1. The minimum atomic E-state index is -1.04. The van der Waals surface area contributed by atoms with Crippen LogP contribution in [0.15, 0.2) is 66.7 Å². The van der Waals surface area contributed by atoms with Crippen LogP contribution in [0.2, 0.25) is 0 Å². The van der Waals surface area contributed by atoms with Crippen LogP contribution in [-0.4, -0.2) is 48.9 Å². The second kappa shape index (κ2) is 12.6. The van der Waals surface area contributed by atoms with Gasteiger partial charge in [-0.15, -0.1) is 0 Å². The van der Waals surface area contributed by atoms with Crippen molar-refractivity contribution in [3.8, 4) is 0 Å². The number of carbonyl (C=O) groups is 2. The summed E-state index contributed by atoms with van der Waals surface area (Å²) in [6, 6.07) is 16.8. The average Bonchev–Trinajstić information content (AvgIpc) is 3.33. The Kier molecular flexibility index (Phi) is 9.04. The maximum absolute atomic E-state index is 13.8. The molecule has 2 amide bonds. The fraction of sp³-hybridized carbons (Fsp3) is 0.310. The number of nitrogens with one attached hydrogen (secondary N) is 2. The third-order valence-electron chi connectivity index (χ3n) is 6.44. The molecule has 9 heteroatoms. The van der Waals surface area contributed by atoms with Gasteiger partial charge in [-0.25, -0.2) is 13.6 Å². The van der Waals surface area contributed by atoms with Gasteiger partial charge < -0.3 is 20.5 Å². The van der Waals surface area contributed by atoms with Crippen molar-refractivity contribution in [1.29, 1.82) is 0 Å². The summed E-state index contributed by atoms with van der Waals surface area (Å²) in [4.78, 5) is 26.3. The van der Waals surface area contributed by atoms with Crippen LogP contribution in [0.4, 0.5) is 19.3 Å². The lowest BCUT2D eigenvalue weighted by Gasteiger charge is -2.25. The van der Waals surface area contributed by atoms with E-state index in [4.69, 9.17) is 4.74 Å². The largest absolute Gasteiger partial charge is 0.447 e. The van der Waals surface area contributed by atoms with Crippen molar-refractivity contribution in [2.24, 2.45) is 0 Å². The number of rotatable bonds is 11. The van der Waals surface area contributed by atoms with Crippen molar-refractivity contribution in [3.05, 3.63) is 101 Å². The second-order valence-electron chi connectivity index (χ2n) is 9.25. The molecule has 1 heterocycles. The summed E-state index contributed by atoms with van der Waals surface area (Å²) < 4.78 is 32.6. The number of hydrogen-bond donors (Lipinski definition) is 3. The van der Waals surface area contributed by atoms with Gasteiger partial charge in [0.05, 0.1) is 18.7 Å². The Labute approximate surface area is 220 Å². The molecule has 1 fully saturated rings. The third-order valence-corrected chi connectivity index (χ3v) is 6.44. The van der Waals surface area contributed by atoms with Crippen molar-refractivity contribution in [3.63, 3.8) is 0 Å². The van der Waals surface area contributed by atoms with Gasteiger partial charge in [-0.2, -0.15) is 0 Å². The summed E-state index contributed by atoms with van der Waals surface area (Å²) in [5, 5.41) is 17.0. The van der Waals surface area contributed by atoms with Crippen molar-refractivity contribution < 1.29 is 28.2 Å². The Balaban J connectivity index is 1.44. The highest BCUT2D eigenvalue weighted by Crippen LogP contribution is 2.20. The van der Waals surface area contributed by atoms with Crippen LogP contribution in [-0.2, 0) is 24.1 Å². The molecule has 0 aliphatic carbocycles. The molecular formula is C29H31F2N3O4. The lowest BCUT2D eigenvalue weighted by Crippen LogP contribution is -2.48. The summed E-state index contributed by atoms with van der Waals surface area (Å²) >= 11 is 0. The lowest BCUT2D eigenvalue weighted by atomic mass is 10.00. The molecule has 1 saturated heterocycles.